The van der Waals surface area contributed by atoms with Crippen LogP contribution in [0.4, 0.5) is 13.2 Å². The zero-order valence-corrected chi connectivity index (χ0v) is 16.1. The largest absolute Gasteiger partial charge is 0.416 e. The van der Waals surface area contributed by atoms with Crippen molar-refractivity contribution in [2.75, 3.05) is 19.6 Å². The fourth-order valence-corrected chi connectivity index (χ4v) is 3.37. The lowest BCUT2D eigenvalue weighted by atomic mass is 9.95. The van der Waals surface area contributed by atoms with E-state index in [1.807, 2.05) is 11.8 Å². The number of rotatable bonds is 6. The van der Waals surface area contributed by atoms with Crippen LogP contribution in [0.3, 0.4) is 0 Å². The minimum Gasteiger partial charge on any atom is -0.340 e. The summed E-state index contributed by atoms with van der Waals surface area (Å²) < 4.78 is 38.0. The highest BCUT2D eigenvalue weighted by molar-refractivity contribution is 5.85. The van der Waals surface area contributed by atoms with Crippen molar-refractivity contribution in [3.8, 4) is 0 Å². The zero-order valence-electron chi connectivity index (χ0n) is 15.3. The summed E-state index contributed by atoms with van der Waals surface area (Å²) in [6, 6.07) is 5.42. The third kappa shape index (κ3) is 6.16. The molecule has 7 heteroatoms. The molecule has 0 aromatic heterocycles. The van der Waals surface area contributed by atoms with Crippen LogP contribution >= 0.6 is 12.4 Å². The Hall–Kier alpha value is -1.27. The lowest BCUT2D eigenvalue weighted by Gasteiger charge is -2.35. The lowest BCUT2D eigenvalue weighted by molar-refractivity contribution is -0.137. The topological polar surface area (TPSA) is 32.3 Å². The van der Waals surface area contributed by atoms with E-state index in [4.69, 9.17) is 0 Å². The quantitative estimate of drug-likeness (QED) is 0.766. The molecule has 3 nitrogen and oxygen atoms in total. The van der Waals surface area contributed by atoms with Crippen LogP contribution in [0.25, 0.3) is 0 Å². The van der Waals surface area contributed by atoms with Crippen LogP contribution in [0.15, 0.2) is 24.3 Å². The summed E-state index contributed by atoms with van der Waals surface area (Å²) in [4.78, 5) is 14.7. The van der Waals surface area contributed by atoms with Gasteiger partial charge in [-0.1, -0.05) is 26.0 Å². The predicted octanol–water partition coefficient (Wildman–Crippen LogP) is 4.61. The van der Waals surface area contributed by atoms with Gasteiger partial charge in [-0.25, -0.2) is 0 Å². The molecule has 0 bridgehead atoms. The van der Waals surface area contributed by atoms with Crippen molar-refractivity contribution in [1.29, 1.82) is 0 Å². The zero-order chi connectivity index (χ0) is 18.4. The Kier molecular flexibility index (Phi) is 8.90. The normalized spacial score (nSPS) is 16.7. The van der Waals surface area contributed by atoms with Crippen LogP contribution < -0.4 is 5.32 Å². The monoisotopic (exact) mass is 392 g/mol. The van der Waals surface area contributed by atoms with E-state index in [-0.39, 0.29) is 30.3 Å². The molecule has 0 spiro atoms. The highest BCUT2D eigenvalue weighted by Crippen LogP contribution is 2.31. The Balaban J connectivity index is 0.00000338. The van der Waals surface area contributed by atoms with Gasteiger partial charge in [0.25, 0.3) is 0 Å². The van der Waals surface area contributed by atoms with Gasteiger partial charge in [0.2, 0.25) is 5.91 Å². The number of hydrogen-bond donors (Lipinski definition) is 1. The van der Waals surface area contributed by atoms with Crippen molar-refractivity contribution in [2.45, 2.75) is 57.7 Å². The van der Waals surface area contributed by atoms with E-state index in [9.17, 15) is 18.0 Å². The Morgan fingerprint density at radius 1 is 1.23 bits per heavy atom. The smallest absolute Gasteiger partial charge is 0.340 e. The molecule has 1 heterocycles. The predicted molar refractivity (Wildman–Crippen MR) is 99.6 cm³/mol. The summed E-state index contributed by atoms with van der Waals surface area (Å²) in [5, 5.41) is 3.30. The van der Waals surface area contributed by atoms with Gasteiger partial charge in [0, 0.05) is 19.0 Å². The summed E-state index contributed by atoms with van der Waals surface area (Å²) >= 11 is 0. The maximum atomic E-state index is 12.8. The number of amides is 1. The molecule has 148 valence electrons. The van der Waals surface area contributed by atoms with Gasteiger partial charge in [0.1, 0.15) is 0 Å². The molecule has 1 saturated heterocycles. The molecule has 1 aliphatic heterocycles. The second-order valence-electron chi connectivity index (χ2n) is 6.79. The van der Waals surface area contributed by atoms with Gasteiger partial charge in [-0.05, 0) is 56.0 Å². The number of halogens is 4. The highest BCUT2D eigenvalue weighted by Gasteiger charge is 2.30. The van der Waals surface area contributed by atoms with Gasteiger partial charge in [-0.3, -0.25) is 4.79 Å². The third-order valence-electron chi connectivity index (χ3n) is 4.82. The molecule has 0 saturated carbocycles. The maximum absolute atomic E-state index is 12.8. The van der Waals surface area contributed by atoms with E-state index >= 15 is 0 Å². The fraction of sp³-hybridized carbons (Fsp3) is 0.632. The molecule has 1 amide bonds. The number of nitrogens with zero attached hydrogens (tertiary/aromatic N) is 1. The van der Waals surface area contributed by atoms with Gasteiger partial charge in [0.15, 0.2) is 0 Å². The summed E-state index contributed by atoms with van der Waals surface area (Å²) in [5.41, 5.74) is 0.111. The number of carbonyl (C=O) groups excluding carboxylic acids is 1. The van der Waals surface area contributed by atoms with Gasteiger partial charge in [0.05, 0.1) is 5.56 Å². The number of nitrogens with one attached hydrogen (secondary N) is 1. The van der Waals surface area contributed by atoms with Crippen molar-refractivity contribution < 1.29 is 18.0 Å². The molecule has 1 aromatic carbocycles. The maximum Gasteiger partial charge on any atom is 0.416 e. The van der Waals surface area contributed by atoms with Crippen LogP contribution in [-0.4, -0.2) is 36.5 Å². The van der Waals surface area contributed by atoms with E-state index < -0.39 is 11.7 Å². The van der Waals surface area contributed by atoms with Crippen molar-refractivity contribution in [1.82, 2.24) is 10.2 Å². The number of hydrogen-bond acceptors (Lipinski definition) is 2. The van der Waals surface area contributed by atoms with E-state index in [1.165, 1.54) is 12.1 Å². The minimum absolute atomic E-state index is 0. The average Bonchev–Trinajstić information content (AvgIpc) is 2.59. The first-order valence-electron chi connectivity index (χ1n) is 9.00. The molecule has 1 fully saturated rings. The summed E-state index contributed by atoms with van der Waals surface area (Å²) in [6.07, 6.45) is -1.18. The Morgan fingerprint density at radius 2 is 1.81 bits per heavy atom. The van der Waals surface area contributed by atoms with Crippen LogP contribution in [0.1, 0.15) is 56.6 Å². The molecule has 1 N–H and O–H groups in total. The molecule has 0 radical (unpaired) electrons. The Labute approximate surface area is 159 Å². The number of benzene rings is 1. The molecule has 2 rings (SSSR count). The fourth-order valence-electron chi connectivity index (χ4n) is 3.37. The van der Waals surface area contributed by atoms with Crippen LogP contribution in [0.5, 0.6) is 0 Å². The second-order valence-corrected chi connectivity index (χ2v) is 6.79. The average molecular weight is 393 g/mol. The molecule has 1 aromatic rings. The second kappa shape index (κ2) is 10.2. The molecular formula is C19H28ClF3N2O. The Bertz CT molecular complexity index is 557. The van der Waals surface area contributed by atoms with Gasteiger partial charge >= 0.3 is 6.18 Å². The van der Waals surface area contributed by atoms with Crippen LogP contribution in [0, 0.1) is 0 Å². The number of carbonyl (C=O) groups is 1. The third-order valence-corrected chi connectivity index (χ3v) is 4.82. The van der Waals surface area contributed by atoms with E-state index in [0.29, 0.717) is 6.42 Å². The van der Waals surface area contributed by atoms with Crippen LogP contribution in [-0.2, 0) is 11.0 Å². The van der Waals surface area contributed by atoms with Crippen molar-refractivity contribution in [3.05, 3.63) is 35.4 Å². The van der Waals surface area contributed by atoms with E-state index in [2.05, 4.69) is 12.2 Å². The highest BCUT2D eigenvalue weighted by atomic mass is 35.5. The first kappa shape index (κ1) is 22.8. The van der Waals surface area contributed by atoms with E-state index in [0.717, 1.165) is 56.6 Å². The van der Waals surface area contributed by atoms with Gasteiger partial charge in [-0.2, -0.15) is 13.2 Å². The van der Waals surface area contributed by atoms with Gasteiger partial charge in [-0.15, -0.1) is 12.4 Å². The first-order chi connectivity index (χ1) is 11.8. The van der Waals surface area contributed by atoms with Crippen molar-refractivity contribution in [2.24, 2.45) is 0 Å². The summed E-state index contributed by atoms with van der Waals surface area (Å²) in [5.74, 6) is -0.00277. The Morgan fingerprint density at radius 3 is 2.31 bits per heavy atom. The molecular weight excluding hydrogens is 365 g/mol. The van der Waals surface area contributed by atoms with Crippen LogP contribution in [0.2, 0.25) is 0 Å². The molecule has 1 aliphatic rings. The minimum atomic E-state index is -4.33. The SMILES string of the molecule is CCCN(C(=O)CC(C)c1ccc(C(F)(F)F)cc1)C1CCNCC1.Cl. The van der Waals surface area contributed by atoms with Crippen molar-refractivity contribution in [3.63, 3.8) is 0 Å². The standard InChI is InChI=1S/C19H27F3N2O.ClH/c1-3-12-24(17-8-10-23-11-9-17)18(25)13-14(2)15-4-6-16(7-5-15)19(20,21)22;/h4-7,14,17,23H,3,8-13H2,1-2H3;1H. The summed E-state index contributed by atoms with van der Waals surface area (Å²) in [7, 11) is 0. The van der Waals surface area contributed by atoms with Gasteiger partial charge < -0.3 is 10.2 Å². The van der Waals surface area contributed by atoms with E-state index in [1.54, 1.807) is 0 Å². The molecule has 1 atom stereocenters. The lowest BCUT2D eigenvalue weighted by Crippen LogP contribution is -2.46. The number of alkyl halides is 3. The summed E-state index contributed by atoms with van der Waals surface area (Å²) in [6.45, 7) is 6.54. The van der Waals surface area contributed by atoms with Crippen molar-refractivity contribution >= 4 is 18.3 Å². The molecule has 1 unspecified atom stereocenters. The number of piperidine rings is 1. The first-order valence-corrected chi connectivity index (χ1v) is 9.00. The molecule has 0 aliphatic carbocycles. The molecule has 26 heavy (non-hydrogen) atoms.